The summed E-state index contributed by atoms with van der Waals surface area (Å²) in [5.74, 6) is 0.358. The van der Waals surface area contributed by atoms with E-state index in [4.69, 9.17) is 10.2 Å². The molecule has 6 aromatic rings. The summed E-state index contributed by atoms with van der Waals surface area (Å²) in [6.07, 6.45) is 0. The van der Waals surface area contributed by atoms with E-state index in [1.165, 1.54) is 54.6 Å². The standard InChI is InChI=1S/C24H19O2P.C12H10O4S/c25-19-16-17-23(26)24(18-19)27(20-10-4-1-5-11-20,21-12-6-2-7-13-21)22-14-8-3-9-15-22;13-9-1-5-11(6-2-9)17(15,16)12-7-3-10(14)4-8-12/h1-18H,(H-,25,26);1-8,13-14H/p+1. The Morgan fingerprint density at radius 2 is 0.750 bits per heavy atom. The van der Waals surface area contributed by atoms with Crippen molar-refractivity contribution in [3.63, 3.8) is 0 Å². The maximum atomic E-state index is 12.1. The summed E-state index contributed by atoms with van der Waals surface area (Å²) in [6, 6.07) is 46.2. The fourth-order valence-corrected chi connectivity index (χ4v) is 10.6. The van der Waals surface area contributed by atoms with Crippen LogP contribution in [-0.4, -0.2) is 28.8 Å². The smallest absolute Gasteiger partial charge is 0.206 e. The third-order valence-electron chi connectivity index (χ3n) is 7.04. The van der Waals surface area contributed by atoms with Gasteiger partial charge in [-0.25, -0.2) is 8.42 Å². The van der Waals surface area contributed by atoms with Crippen LogP contribution in [-0.2, 0) is 9.84 Å². The largest absolute Gasteiger partial charge is 0.508 e. The molecule has 0 aromatic heterocycles. The monoisotopic (exact) mass is 621 g/mol. The van der Waals surface area contributed by atoms with Gasteiger partial charge in [0.05, 0.1) is 9.79 Å². The van der Waals surface area contributed by atoms with E-state index in [0.717, 1.165) is 21.2 Å². The molecule has 0 heterocycles. The number of phenolic OH excluding ortho intramolecular Hbond substituents is 4. The summed E-state index contributed by atoms with van der Waals surface area (Å²) in [5.41, 5.74) is 0. The van der Waals surface area contributed by atoms with Crippen molar-refractivity contribution in [3.8, 4) is 23.0 Å². The first-order valence-electron chi connectivity index (χ1n) is 13.6. The van der Waals surface area contributed by atoms with Crippen LogP contribution in [0.4, 0.5) is 0 Å². The van der Waals surface area contributed by atoms with Crippen LogP contribution >= 0.6 is 7.26 Å². The molecule has 0 unspecified atom stereocenters. The Hall–Kier alpha value is -5.10. The van der Waals surface area contributed by atoms with Gasteiger partial charge in [-0.1, -0.05) is 54.6 Å². The van der Waals surface area contributed by atoms with E-state index in [9.17, 15) is 18.6 Å². The number of sulfone groups is 1. The molecule has 8 heteroatoms. The number of benzene rings is 6. The SMILES string of the molecule is O=S(=O)(c1ccc(O)cc1)c1ccc(O)cc1.Oc1ccc(O)c([P+](c2ccccc2)(c2ccccc2)c2ccccc2)c1. The van der Waals surface area contributed by atoms with Gasteiger partial charge in [0.25, 0.3) is 0 Å². The molecule has 0 aliphatic rings. The highest BCUT2D eigenvalue weighted by molar-refractivity contribution is 8.01. The Morgan fingerprint density at radius 3 is 1.11 bits per heavy atom. The van der Waals surface area contributed by atoms with Crippen molar-refractivity contribution < 1.29 is 28.8 Å². The highest BCUT2D eigenvalue weighted by Crippen LogP contribution is 2.56. The van der Waals surface area contributed by atoms with Crippen molar-refractivity contribution in [2.75, 3.05) is 0 Å². The maximum Gasteiger partial charge on any atom is 0.206 e. The van der Waals surface area contributed by atoms with Crippen LogP contribution in [0.5, 0.6) is 23.0 Å². The minimum Gasteiger partial charge on any atom is -0.508 e. The minimum absolute atomic E-state index is 0.00894. The third kappa shape index (κ3) is 6.16. The van der Waals surface area contributed by atoms with Crippen molar-refractivity contribution in [2.24, 2.45) is 0 Å². The topological polar surface area (TPSA) is 115 Å². The fourth-order valence-electron chi connectivity index (χ4n) is 4.99. The van der Waals surface area contributed by atoms with Gasteiger partial charge in [0.15, 0.2) is 11.1 Å². The minimum atomic E-state index is -3.59. The lowest BCUT2D eigenvalue weighted by atomic mass is 10.3. The molecule has 0 amide bonds. The fraction of sp³-hybridized carbons (Fsp3) is 0. The van der Waals surface area contributed by atoms with Gasteiger partial charge in [0.2, 0.25) is 9.84 Å². The Labute approximate surface area is 257 Å². The number of hydrogen-bond acceptors (Lipinski definition) is 6. The van der Waals surface area contributed by atoms with Crippen molar-refractivity contribution in [3.05, 3.63) is 158 Å². The van der Waals surface area contributed by atoms with Crippen molar-refractivity contribution in [1.82, 2.24) is 0 Å². The second kappa shape index (κ2) is 13.0. The molecule has 0 saturated carbocycles. The molecule has 0 aliphatic carbocycles. The Balaban J connectivity index is 0.000000195. The van der Waals surface area contributed by atoms with E-state index >= 15 is 0 Å². The highest BCUT2D eigenvalue weighted by atomic mass is 32.2. The van der Waals surface area contributed by atoms with E-state index < -0.39 is 17.1 Å². The molecule has 0 saturated heterocycles. The molecule has 4 N–H and O–H groups in total. The van der Waals surface area contributed by atoms with Crippen molar-refractivity contribution >= 4 is 38.3 Å². The van der Waals surface area contributed by atoms with E-state index in [1.54, 1.807) is 12.1 Å². The van der Waals surface area contributed by atoms with E-state index in [-0.39, 0.29) is 32.8 Å². The molecule has 44 heavy (non-hydrogen) atoms. The lowest BCUT2D eigenvalue weighted by Crippen LogP contribution is -2.38. The van der Waals surface area contributed by atoms with Crippen molar-refractivity contribution in [2.45, 2.75) is 9.79 Å². The first-order valence-corrected chi connectivity index (χ1v) is 16.9. The Bertz CT molecular complexity index is 1780. The van der Waals surface area contributed by atoms with Gasteiger partial charge in [-0.15, -0.1) is 0 Å². The second-order valence-corrected chi connectivity index (χ2v) is 15.2. The molecule has 0 atom stereocenters. The first-order chi connectivity index (χ1) is 21.2. The Morgan fingerprint density at radius 1 is 0.409 bits per heavy atom. The zero-order chi connectivity index (χ0) is 31.2. The van der Waals surface area contributed by atoms with Gasteiger partial charge in [-0.3, -0.25) is 0 Å². The van der Waals surface area contributed by atoms with Crippen LogP contribution < -0.4 is 21.2 Å². The highest BCUT2D eigenvalue weighted by Gasteiger charge is 2.49. The van der Waals surface area contributed by atoms with Crippen LogP contribution in [0.15, 0.2) is 168 Å². The third-order valence-corrected chi connectivity index (χ3v) is 13.1. The summed E-state index contributed by atoms with van der Waals surface area (Å²) >= 11 is 0. The summed E-state index contributed by atoms with van der Waals surface area (Å²) in [7, 11) is -5.97. The molecule has 6 aromatic carbocycles. The first kappa shape index (κ1) is 30.4. The molecular formula is C36H30O6PS+. The van der Waals surface area contributed by atoms with Gasteiger partial charge in [-0.05, 0) is 97.1 Å². The lowest BCUT2D eigenvalue weighted by Gasteiger charge is -2.28. The van der Waals surface area contributed by atoms with Crippen LogP contribution in [0, 0.1) is 0 Å². The van der Waals surface area contributed by atoms with Gasteiger partial charge in [-0.2, -0.15) is 0 Å². The predicted molar refractivity (Wildman–Crippen MR) is 176 cm³/mol. The molecule has 6 rings (SSSR count). The number of rotatable bonds is 6. The Kier molecular flexibility index (Phi) is 9.00. The number of hydrogen-bond donors (Lipinski definition) is 4. The normalized spacial score (nSPS) is 11.3. The number of phenols is 4. The molecule has 0 radical (unpaired) electrons. The molecule has 0 spiro atoms. The molecule has 0 aliphatic heterocycles. The van der Waals surface area contributed by atoms with E-state index in [2.05, 4.69) is 36.4 Å². The van der Waals surface area contributed by atoms with Gasteiger partial charge in [0.1, 0.15) is 40.4 Å². The molecule has 220 valence electrons. The second-order valence-electron chi connectivity index (χ2n) is 9.84. The van der Waals surface area contributed by atoms with Gasteiger partial charge < -0.3 is 20.4 Å². The quantitative estimate of drug-likeness (QED) is 0.141. The molecule has 0 bridgehead atoms. The molecule has 6 nitrogen and oxygen atoms in total. The summed E-state index contributed by atoms with van der Waals surface area (Å²) in [6.45, 7) is 0. The van der Waals surface area contributed by atoms with Gasteiger partial charge >= 0.3 is 0 Å². The van der Waals surface area contributed by atoms with E-state index in [1.807, 2.05) is 54.6 Å². The summed E-state index contributed by atoms with van der Waals surface area (Å²) < 4.78 is 24.2. The van der Waals surface area contributed by atoms with Crippen LogP contribution in [0.25, 0.3) is 0 Å². The van der Waals surface area contributed by atoms with E-state index in [0.29, 0.717) is 0 Å². The zero-order valence-electron chi connectivity index (χ0n) is 23.5. The van der Waals surface area contributed by atoms with Crippen LogP contribution in [0.1, 0.15) is 0 Å². The van der Waals surface area contributed by atoms with Gasteiger partial charge in [0, 0.05) is 6.07 Å². The predicted octanol–water partition coefficient (Wildman–Crippen LogP) is 5.65. The maximum absolute atomic E-state index is 12.1. The van der Waals surface area contributed by atoms with Crippen LogP contribution in [0.3, 0.4) is 0 Å². The zero-order valence-corrected chi connectivity index (χ0v) is 25.2. The molecule has 0 fully saturated rings. The lowest BCUT2D eigenvalue weighted by molar-refractivity contribution is 0.464. The average Bonchev–Trinajstić information content (AvgIpc) is 3.05. The van der Waals surface area contributed by atoms with Crippen molar-refractivity contribution in [1.29, 1.82) is 0 Å². The summed E-state index contributed by atoms with van der Waals surface area (Å²) in [4.78, 5) is 0.196. The number of aromatic hydroxyl groups is 4. The average molecular weight is 622 g/mol. The molecular weight excluding hydrogens is 591 g/mol. The summed E-state index contributed by atoms with van der Waals surface area (Å²) in [5, 5.41) is 43.5. The van der Waals surface area contributed by atoms with Crippen LogP contribution in [0.2, 0.25) is 0 Å².